The summed E-state index contributed by atoms with van der Waals surface area (Å²) in [5.41, 5.74) is 0.266. The maximum Gasteiger partial charge on any atom is 0.168 e. The molecule has 0 aliphatic heterocycles. The highest BCUT2D eigenvalue weighted by molar-refractivity contribution is 5.98. The van der Waals surface area contributed by atoms with Crippen LogP contribution in [0, 0.1) is 17.7 Å². The molecule has 86 valence electrons. The molecule has 1 fully saturated rings. The summed E-state index contributed by atoms with van der Waals surface area (Å²) in [5.74, 6) is 0.355. The lowest BCUT2D eigenvalue weighted by Crippen LogP contribution is -2.21. The van der Waals surface area contributed by atoms with Gasteiger partial charge in [0.05, 0.1) is 5.56 Å². The number of ketones is 1. The fourth-order valence-corrected chi connectivity index (χ4v) is 2.40. The topological polar surface area (TPSA) is 17.1 Å². The van der Waals surface area contributed by atoms with Gasteiger partial charge in [0.2, 0.25) is 0 Å². The molecule has 0 amide bonds. The van der Waals surface area contributed by atoms with Crippen LogP contribution in [0.15, 0.2) is 24.3 Å². The Morgan fingerprint density at radius 2 is 1.81 bits per heavy atom. The summed E-state index contributed by atoms with van der Waals surface area (Å²) in [6.07, 6.45) is 4.00. The summed E-state index contributed by atoms with van der Waals surface area (Å²) < 4.78 is 13.5. The van der Waals surface area contributed by atoms with E-state index in [1.807, 2.05) is 0 Å². The van der Waals surface area contributed by atoms with E-state index in [1.165, 1.54) is 6.07 Å². The van der Waals surface area contributed by atoms with Crippen LogP contribution in [0.4, 0.5) is 4.39 Å². The van der Waals surface area contributed by atoms with Gasteiger partial charge < -0.3 is 0 Å². The first-order valence-corrected chi connectivity index (χ1v) is 5.97. The Bertz CT molecular complexity index is 378. The van der Waals surface area contributed by atoms with Gasteiger partial charge in [0.1, 0.15) is 5.82 Å². The minimum Gasteiger partial charge on any atom is -0.294 e. The molecule has 0 atom stereocenters. The van der Waals surface area contributed by atoms with Gasteiger partial charge in [-0.15, -0.1) is 0 Å². The summed E-state index contributed by atoms with van der Waals surface area (Å²) in [5, 5.41) is 0. The van der Waals surface area contributed by atoms with Crippen molar-refractivity contribution in [1.82, 2.24) is 0 Å². The maximum atomic E-state index is 13.5. The highest BCUT2D eigenvalue weighted by Crippen LogP contribution is 2.30. The zero-order valence-electron chi connectivity index (χ0n) is 9.58. The molecular weight excluding hydrogens is 203 g/mol. The van der Waals surface area contributed by atoms with Gasteiger partial charge in [-0.05, 0) is 30.9 Å². The van der Waals surface area contributed by atoms with Gasteiger partial charge in [0.15, 0.2) is 5.78 Å². The van der Waals surface area contributed by atoms with Gasteiger partial charge >= 0.3 is 0 Å². The van der Waals surface area contributed by atoms with E-state index in [1.54, 1.807) is 18.2 Å². The second-order valence-electron chi connectivity index (χ2n) is 4.80. The zero-order valence-corrected chi connectivity index (χ0v) is 9.58. The van der Waals surface area contributed by atoms with Crippen LogP contribution in [0.5, 0.6) is 0 Å². The lowest BCUT2D eigenvalue weighted by Gasteiger charge is -2.25. The van der Waals surface area contributed by atoms with Crippen LogP contribution in [-0.2, 0) is 0 Å². The smallest absolute Gasteiger partial charge is 0.168 e. The summed E-state index contributed by atoms with van der Waals surface area (Å²) >= 11 is 0. The van der Waals surface area contributed by atoms with Crippen molar-refractivity contribution in [3.63, 3.8) is 0 Å². The third-order valence-corrected chi connectivity index (χ3v) is 3.53. The van der Waals surface area contributed by atoms with Gasteiger partial charge in [0, 0.05) is 5.92 Å². The summed E-state index contributed by atoms with van der Waals surface area (Å²) in [7, 11) is 0. The molecule has 1 aliphatic carbocycles. The van der Waals surface area contributed by atoms with E-state index in [4.69, 9.17) is 0 Å². The molecule has 0 aromatic heterocycles. The lowest BCUT2D eigenvalue weighted by atomic mass is 9.79. The summed E-state index contributed by atoms with van der Waals surface area (Å²) in [4.78, 5) is 12.1. The number of halogens is 1. The maximum absolute atomic E-state index is 13.5. The molecule has 0 unspecified atom stereocenters. The van der Waals surface area contributed by atoms with Crippen molar-refractivity contribution in [2.45, 2.75) is 32.6 Å². The molecule has 1 aromatic carbocycles. The Morgan fingerprint density at radius 1 is 1.19 bits per heavy atom. The predicted molar refractivity (Wildman–Crippen MR) is 61.9 cm³/mol. The minimum atomic E-state index is -0.383. The van der Waals surface area contributed by atoms with Crippen molar-refractivity contribution in [3.8, 4) is 0 Å². The molecule has 0 heterocycles. The van der Waals surface area contributed by atoms with Crippen molar-refractivity contribution < 1.29 is 9.18 Å². The number of benzene rings is 1. The lowest BCUT2D eigenvalue weighted by molar-refractivity contribution is 0.0871. The predicted octanol–water partition coefficient (Wildman–Crippen LogP) is 3.83. The van der Waals surface area contributed by atoms with Crippen LogP contribution in [0.3, 0.4) is 0 Å². The van der Waals surface area contributed by atoms with E-state index in [2.05, 4.69) is 6.92 Å². The molecule has 0 N–H and O–H groups in total. The first-order valence-electron chi connectivity index (χ1n) is 5.97. The minimum absolute atomic E-state index is 0.00926. The van der Waals surface area contributed by atoms with Gasteiger partial charge in [0.25, 0.3) is 0 Å². The first kappa shape index (κ1) is 11.3. The van der Waals surface area contributed by atoms with E-state index in [9.17, 15) is 9.18 Å². The van der Waals surface area contributed by atoms with Crippen LogP contribution in [0.25, 0.3) is 0 Å². The third-order valence-electron chi connectivity index (χ3n) is 3.53. The Labute approximate surface area is 95.7 Å². The number of hydrogen-bond acceptors (Lipinski definition) is 1. The number of carbonyl (C=O) groups excluding carboxylic acids is 1. The fourth-order valence-electron chi connectivity index (χ4n) is 2.40. The standard InChI is InChI=1S/C14H17FO/c1-10-6-8-11(9-7-10)14(16)12-4-2-3-5-13(12)15/h2-5,10-11H,6-9H2,1H3. The van der Waals surface area contributed by atoms with E-state index >= 15 is 0 Å². The molecule has 1 aromatic rings. The fraction of sp³-hybridized carbons (Fsp3) is 0.500. The Balaban J connectivity index is 2.11. The molecular formula is C14H17FO. The quantitative estimate of drug-likeness (QED) is 0.692. The Kier molecular flexibility index (Phi) is 3.37. The first-order chi connectivity index (χ1) is 7.68. The van der Waals surface area contributed by atoms with Crippen molar-refractivity contribution in [2.75, 3.05) is 0 Å². The van der Waals surface area contributed by atoms with Crippen LogP contribution in [-0.4, -0.2) is 5.78 Å². The molecule has 1 nitrogen and oxygen atoms in total. The molecule has 0 radical (unpaired) electrons. The molecule has 2 heteroatoms. The number of hydrogen-bond donors (Lipinski definition) is 0. The second-order valence-corrected chi connectivity index (χ2v) is 4.80. The highest BCUT2D eigenvalue weighted by Gasteiger charge is 2.26. The van der Waals surface area contributed by atoms with E-state index in [0.717, 1.165) is 25.7 Å². The molecule has 0 saturated heterocycles. The Hall–Kier alpha value is -1.18. The molecule has 0 spiro atoms. The molecule has 16 heavy (non-hydrogen) atoms. The van der Waals surface area contributed by atoms with Crippen LogP contribution in [0.1, 0.15) is 43.0 Å². The zero-order chi connectivity index (χ0) is 11.5. The van der Waals surface area contributed by atoms with Gasteiger partial charge in [-0.2, -0.15) is 0 Å². The van der Waals surface area contributed by atoms with Crippen LogP contribution >= 0.6 is 0 Å². The number of Topliss-reactive ketones (excluding diaryl/α,β-unsaturated/α-hetero) is 1. The van der Waals surface area contributed by atoms with Crippen LogP contribution in [0.2, 0.25) is 0 Å². The summed E-state index contributed by atoms with van der Waals surface area (Å²) in [6.45, 7) is 2.21. The van der Waals surface area contributed by atoms with Gasteiger partial charge in [-0.25, -0.2) is 4.39 Å². The van der Waals surface area contributed by atoms with Gasteiger partial charge in [-0.1, -0.05) is 31.9 Å². The van der Waals surface area contributed by atoms with E-state index in [-0.39, 0.29) is 23.1 Å². The average Bonchev–Trinajstić information content (AvgIpc) is 2.30. The monoisotopic (exact) mass is 220 g/mol. The van der Waals surface area contributed by atoms with Crippen LogP contribution < -0.4 is 0 Å². The largest absolute Gasteiger partial charge is 0.294 e. The number of rotatable bonds is 2. The van der Waals surface area contributed by atoms with E-state index < -0.39 is 0 Å². The highest BCUT2D eigenvalue weighted by atomic mass is 19.1. The Morgan fingerprint density at radius 3 is 2.44 bits per heavy atom. The van der Waals surface area contributed by atoms with Gasteiger partial charge in [-0.3, -0.25) is 4.79 Å². The van der Waals surface area contributed by atoms with Crippen molar-refractivity contribution in [2.24, 2.45) is 11.8 Å². The molecule has 2 rings (SSSR count). The van der Waals surface area contributed by atoms with Crippen molar-refractivity contribution in [1.29, 1.82) is 0 Å². The molecule has 1 saturated carbocycles. The second kappa shape index (κ2) is 4.77. The number of carbonyl (C=O) groups is 1. The third kappa shape index (κ3) is 2.31. The van der Waals surface area contributed by atoms with Crippen molar-refractivity contribution >= 4 is 5.78 Å². The summed E-state index contributed by atoms with van der Waals surface area (Å²) in [6, 6.07) is 6.30. The SMILES string of the molecule is CC1CCC(C(=O)c2ccccc2F)CC1. The molecule has 0 bridgehead atoms. The van der Waals surface area contributed by atoms with Crippen molar-refractivity contribution in [3.05, 3.63) is 35.6 Å². The average molecular weight is 220 g/mol. The molecule has 1 aliphatic rings. The normalized spacial score (nSPS) is 25.4. The van der Waals surface area contributed by atoms with E-state index in [0.29, 0.717) is 5.92 Å².